The van der Waals surface area contributed by atoms with Gasteiger partial charge in [0.2, 0.25) is 18.6 Å². The molecule has 0 radical (unpaired) electrons. The van der Waals surface area contributed by atoms with Crippen molar-refractivity contribution in [2.45, 2.75) is 30.8 Å². The van der Waals surface area contributed by atoms with Gasteiger partial charge in [-0.15, -0.1) is 0 Å². The molecule has 4 aliphatic rings. The first-order chi connectivity index (χ1) is 14.1. The Hall–Kier alpha value is -3.02. The smallest absolute Gasteiger partial charge is 0.245 e. The molecule has 4 atom stereocenters. The minimum absolute atomic E-state index is 0.0224. The highest BCUT2D eigenvalue weighted by atomic mass is 16.7. The first-order valence-corrected chi connectivity index (χ1v) is 10.2. The van der Waals surface area contributed by atoms with Gasteiger partial charge in [0, 0.05) is 7.05 Å². The molecule has 2 fully saturated rings. The number of carbonyl (C=O) groups excluding carboxylic acids is 2. The third kappa shape index (κ3) is 2.35. The number of benzene rings is 2. The zero-order valence-electron chi connectivity index (χ0n) is 16.2. The van der Waals surface area contributed by atoms with Gasteiger partial charge < -0.3 is 19.3 Å². The van der Waals surface area contributed by atoms with Crippen LogP contribution in [0.5, 0.6) is 11.5 Å². The van der Waals surface area contributed by atoms with Crippen molar-refractivity contribution in [3.8, 4) is 11.5 Å². The molecule has 29 heavy (non-hydrogen) atoms. The number of ether oxygens (including phenoxy) is 2. The van der Waals surface area contributed by atoms with Crippen molar-refractivity contribution in [2.75, 3.05) is 20.4 Å². The molecule has 2 amide bonds. The molecule has 6 heteroatoms. The fraction of sp³-hybridized carbons (Fsp3) is 0.391. The quantitative estimate of drug-likeness (QED) is 0.751. The molecule has 1 aliphatic carbocycles. The second kappa shape index (κ2) is 5.99. The van der Waals surface area contributed by atoms with Gasteiger partial charge in [0.25, 0.3) is 0 Å². The van der Waals surface area contributed by atoms with E-state index in [9.17, 15) is 9.59 Å². The lowest BCUT2D eigenvalue weighted by atomic mass is 9.73. The number of carbonyl (C=O) groups is 2. The van der Waals surface area contributed by atoms with Crippen LogP contribution in [-0.2, 0) is 16.0 Å². The highest BCUT2D eigenvalue weighted by Crippen LogP contribution is 2.54. The van der Waals surface area contributed by atoms with Crippen LogP contribution in [0.4, 0.5) is 0 Å². The Balaban J connectivity index is 1.49. The number of nitrogens with zero attached hydrogens (tertiary/aromatic N) is 2. The molecule has 2 aromatic carbocycles. The summed E-state index contributed by atoms with van der Waals surface area (Å²) in [6, 6.07) is 13.9. The Bertz CT molecular complexity index is 1040. The lowest BCUT2D eigenvalue weighted by Crippen LogP contribution is -2.63. The molecule has 6 nitrogen and oxygen atoms in total. The number of piperazine rings is 1. The predicted octanol–water partition coefficient (Wildman–Crippen LogP) is 2.49. The molecule has 3 aliphatic heterocycles. The molecule has 2 unspecified atom stereocenters. The summed E-state index contributed by atoms with van der Waals surface area (Å²) in [6.45, 7) is 0.357. The van der Waals surface area contributed by atoms with Crippen LogP contribution >= 0.6 is 0 Å². The monoisotopic (exact) mass is 390 g/mol. The molecule has 0 aromatic heterocycles. The summed E-state index contributed by atoms with van der Waals surface area (Å²) in [5, 5.41) is 0. The maximum absolute atomic E-state index is 13.1. The largest absolute Gasteiger partial charge is 0.454 e. The SMILES string of the molecule is CN1CC(=O)N2[C@H](CC3c4ccccc4CC3[C@H]2c2ccc3c(c2)OCO3)C1=O. The molecule has 6 rings (SSSR count). The van der Waals surface area contributed by atoms with Crippen molar-refractivity contribution in [2.24, 2.45) is 5.92 Å². The Morgan fingerprint density at radius 2 is 1.86 bits per heavy atom. The minimum Gasteiger partial charge on any atom is -0.454 e. The second-order valence-electron chi connectivity index (χ2n) is 8.48. The molecule has 0 saturated carbocycles. The van der Waals surface area contributed by atoms with Gasteiger partial charge in [-0.25, -0.2) is 0 Å². The Labute approximate surface area is 169 Å². The number of hydrogen-bond acceptors (Lipinski definition) is 4. The van der Waals surface area contributed by atoms with Crippen LogP contribution in [0.25, 0.3) is 0 Å². The first-order valence-electron chi connectivity index (χ1n) is 10.2. The van der Waals surface area contributed by atoms with Crippen molar-refractivity contribution >= 4 is 11.8 Å². The van der Waals surface area contributed by atoms with Gasteiger partial charge >= 0.3 is 0 Å². The summed E-state index contributed by atoms with van der Waals surface area (Å²) in [4.78, 5) is 29.6. The molecular weight excluding hydrogens is 368 g/mol. The number of fused-ring (bicyclic) bond motifs is 5. The van der Waals surface area contributed by atoms with Gasteiger partial charge in [-0.05, 0) is 53.5 Å². The lowest BCUT2D eigenvalue weighted by Gasteiger charge is -2.51. The van der Waals surface area contributed by atoms with E-state index in [-0.39, 0.29) is 43.0 Å². The summed E-state index contributed by atoms with van der Waals surface area (Å²) in [6.07, 6.45) is 1.61. The maximum Gasteiger partial charge on any atom is 0.245 e. The van der Waals surface area contributed by atoms with Crippen molar-refractivity contribution in [3.63, 3.8) is 0 Å². The van der Waals surface area contributed by atoms with Crippen LogP contribution < -0.4 is 9.47 Å². The Morgan fingerprint density at radius 1 is 1.03 bits per heavy atom. The minimum atomic E-state index is -0.413. The number of rotatable bonds is 1. The molecule has 2 aromatic rings. The molecule has 0 bridgehead atoms. The zero-order chi connectivity index (χ0) is 19.7. The maximum atomic E-state index is 13.1. The van der Waals surface area contributed by atoms with Gasteiger partial charge in [-0.1, -0.05) is 30.3 Å². The average Bonchev–Trinajstić information content (AvgIpc) is 3.34. The number of likely N-dealkylation sites (N-methyl/N-ethyl adjacent to an activating group) is 1. The van der Waals surface area contributed by atoms with Crippen LogP contribution in [0.3, 0.4) is 0 Å². The van der Waals surface area contributed by atoms with Crippen LogP contribution in [0.1, 0.15) is 35.1 Å². The Kier molecular flexibility index (Phi) is 3.49. The highest BCUT2D eigenvalue weighted by molar-refractivity contribution is 5.95. The fourth-order valence-corrected chi connectivity index (χ4v) is 5.77. The summed E-state index contributed by atoms with van der Waals surface area (Å²) in [5.74, 6) is 2.03. The molecule has 0 spiro atoms. The van der Waals surface area contributed by atoms with Crippen LogP contribution in [-0.4, -0.2) is 48.0 Å². The van der Waals surface area contributed by atoms with E-state index in [1.807, 2.05) is 23.1 Å². The standard InChI is InChI=1S/C23H22N2O4/c1-24-11-21(26)25-18(23(24)27)10-16-15-5-3-2-4-13(15)8-17(16)22(25)14-6-7-19-20(9-14)29-12-28-19/h2-7,9,16-18,22H,8,10-12H2,1H3/t16?,17?,18-,22-/m1/s1. The topological polar surface area (TPSA) is 59.1 Å². The summed E-state index contributed by atoms with van der Waals surface area (Å²) >= 11 is 0. The Morgan fingerprint density at radius 3 is 2.76 bits per heavy atom. The van der Waals surface area contributed by atoms with Gasteiger partial charge in [-0.3, -0.25) is 9.59 Å². The van der Waals surface area contributed by atoms with Gasteiger partial charge in [0.05, 0.1) is 12.6 Å². The van der Waals surface area contributed by atoms with E-state index in [2.05, 4.69) is 24.3 Å². The normalized spacial score (nSPS) is 29.6. The molecule has 148 valence electrons. The lowest BCUT2D eigenvalue weighted by molar-refractivity contribution is -0.163. The third-order valence-corrected chi connectivity index (χ3v) is 7.01. The summed E-state index contributed by atoms with van der Waals surface area (Å²) < 4.78 is 11.1. The second-order valence-corrected chi connectivity index (χ2v) is 8.48. The summed E-state index contributed by atoms with van der Waals surface area (Å²) in [7, 11) is 1.72. The molecule has 0 N–H and O–H groups in total. The van der Waals surface area contributed by atoms with Crippen LogP contribution in [0.2, 0.25) is 0 Å². The third-order valence-electron chi connectivity index (χ3n) is 7.01. The zero-order valence-corrected chi connectivity index (χ0v) is 16.2. The number of piperidine rings is 1. The molecular formula is C23H22N2O4. The van der Waals surface area contributed by atoms with E-state index >= 15 is 0 Å². The van der Waals surface area contributed by atoms with Crippen molar-refractivity contribution < 1.29 is 19.1 Å². The summed E-state index contributed by atoms with van der Waals surface area (Å²) in [5.41, 5.74) is 3.69. The van der Waals surface area contributed by atoms with Crippen molar-refractivity contribution in [1.29, 1.82) is 0 Å². The van der Waals surface area contributed by atoms with E-state index in [4.69, 9.17) is 9.47 Å². The van der Waals surface area contributed by atoms with Gasteiger partial charge in [-0.2, -0.15) is 0 Å². The van der Waals surface area contributed by atoms with E-state index in [0.29, 0.717) is 12.2 Å². The average molecular weight is 390 g/mol. The first kappa shape index (κ1) is 16.9. The van der Waals surface area contributed by atoms with E-state index in [1.165, 1.54) is 11.1 Å². The highest BCUT2D eigenvalue weighted by Gasteiger charge is 2.53. The predicted molar refractivity (Wildman–Crippen MR) is 105 cm³/mol. The molecule has 2 saturated heterocycles. The fourth-order valence-electron chi connectivity index (χ4n) is 5.77. The van der Waals surface area contributed by atoms with Crippen LogP contribution in [0.15, 0.2) is 42.5 Å². The van der Waals surface area contributed by atoms with E-state index < -0.39 is 6.04 Å². The number of hydrogen-bond donors (Lipinski definition) is 0. The molecule has 3 heterocycles. The van der Waals surface area contributed by atoms with Gasteiger partial charge in [0.1, 0.15) is 6.04 Å². The van der Waals surface area contributed by atoms with E-state index in [0.717, 1.165) is 17.7 Å². The van der Waals surface area contributed by atoms with E-state index in [1.54, 1.807) is 11.9 Å². The van der Waals surface area contributed by atoms with Crippen molar-refractivity contribution in [3.05, 3.63) is 59.2 Å². The van der Waals surface area contributed by atoms with Crippen LogP contribution in [0, 0.1) is 5.92 Å². The van der Waals surface area contributed by atoms with Gasteiger partial charge in [0.15, 0.2) is 11.5 Å². The number of amides is 2. The van der Waals surface area contributed by atoms with Crippen molar-refractivity contribution in [1.82, 2.24) is 9.80 Å².